The van der Waals surface area contributed by atoms with Gasteiger partial charge in [-0.25, -0.2) is 4.79 Å². The smallest absolute Gasteiger partial charge is 0.338 e. The molecule has 11 aromatic rings. The number of anilines is 3. The predicted molar refractivity (Wildman–Crippen MR) is 301 cm³/mol. The molecule has 0 spiro atoms. The topological polar surface area (TPSA) is 128 Å². The number of carboxylic acid groups (broad SMARTS) is 1. The quantitative estimate of drug-likeness (QED) is 0.0988. The van der Waals surface area contributed by atoms with Gasteiger partial charge in [-0.1, -0.05) is 56.5 Å². The summed E-state index contributed by atoms with van der Waals surface area (Å²) in [5.74, 6) is 0.231. The van der Waals surface area contributed by atoms with Crippen molar-refractivity contribution < 1.29 is 24.2 Å². The summed E-state index contributed by atoms with van der Waals surface area (Å²) < 4.78 is 28.7. The second kappa shape index (κ2) is 16.5. The number of nitrogens with zero attached hydrogens (tertiary/aromatic N) is 5. The van der Waals surface area contributed by atoms with E-state index in [0.29, 0.717) is 28.8 Å². The highest BCUT2D eigenvalue weighted by Gasteiger charge is 2.43. The average Bonchev–Trinajstić information content (AvgIpc) is 4.24. The fourth-order valence-corrected chi connectivity index (χ4v) is 25.7. The maximum atomic E-state index is 11.9. The van der Waals surface area contributed by atoms with Crippen molar-refractivity contribution in [2.75, 3.05) is 12.0 Å². The highest BCUT2D eigenvalue weighted by Crippen LogP contribution is 2.48. The van der Waals surface area contributed by atoms with Crippen LogP contribution in [0, 0.1) is 0 Å². The van der Waals surface area contributed by atoms with Gasteiger partial charge in [0.25, 0.3) is 6.47 Å². The van der Waals surface area contributed by atoms with Crippen molar-refractivity contribution in [3.63, 3.8) is 0 Å². The minimum absolute atomic E-state index is 0.181. The molecule has 0 saturated carbocycles. The van der Waals surface area contributed by atoms with Gasteiger partial charge in [-0.3, -0.25) is 4.79 Å². The number of fused-ring (bicyclic) bond motifs is 8. The van der Waals surface area contributed by atoms with Crippen molar-refractivity contribution in [3.05, 3.63) is 127 Å². The van der Waals surface area contributed by atoms with Crippen LogP contribution in [0.5, 0.6) is 11.5 Å². The maximum Gasteiger partial charge on any atom is 0.338 e. The summed E-state index contributed by atoms with van der Waals surface area (Å²) >= 11 is 9.50. The fourth-order valence-electron chi connectivity index (χ4n) is 10.1. The Morgan fingerprint density at radius 2 is 0.944 bits per heavy atom. The van der Waals surface area contributed by atoms with Crippen LogP contribution >= 0.6 is 68.8 Å². The van der Waals surface area contributed by atoms with Crippen LogP contribution in [0.25, 0.3) is 83.3 Å². The lowest BCUT2D eigenvalue weighted by Crippen LogP contribution is -2.48. The number of carboxylic acids is 1. The van der Waals surface area contributed by atoms with Crippen molar-refractivity contribution in [1.29, 1.82) is 0 Å². The lowest BCUT2D eigenvalue weighted by molar-refractivity contribution is -0.120. The third kappa shape index (κ3) is 6.91. The Hall–Kier alpha value is -6.49. The van der Waals surface area contributed by atoms with Gasteiger partial charge >= 0.3 is 5.97 Å². The first-order chi connectivity index (χ1) is 34.4. The summed E-state index contributed by atoms with van der Waals surface area (Å²) in [6, 6.07) is 43.0. The van der Waals surface area contributed by atoms with E-state index in [1.54, 1.807) is 24.5 Å². The van der Waals surface area contributed by atoms with Gasteiger partial charge in [-0.15, -0.1) is 45.3 Å². The van der Waals surface area contributed by atoms with Crippen LogP contribution in [-0.2, 0) is 4.79 Å². The average molecular weight is 1070 g/mol. The van der Waals surface area contributed by atoms with Crippen LogP contribution in [0.4, 0.5) is 17.1 Å². The molecule has 0 aliphatic carbocycles. The van der Waals surface area contributed by atoms with Gasteiger partial charge in [-0.2, -0.15) is 17.5 Å². The number of rotatable bonds is 11. The number of carbonyl (C=O) groups excluding carboxylic acids is 1. The molecule has 18 heteroatoms. The van der Waals surface area contributed by atoms with Crippen LogP contribution in [0.15, 0.2) is 121 Å². The number of carbonyl (C=O) groups is 2. The maximum absolute atomic E-state index is 11.9. The summed E-state index contributed by atoms with van der Waals surface area (Å²) in [4.78, 5) is 35.5. The summed E-state index contributed by atoms with van der Waals surface area (Å²) in [5, 5.41) is 15.6. The molecule has 0 radical (unpaired) electrons. The first kappa shape index (κ1) is 44.5. The second-order valence-corrected chi connectivity index (χ2v) is 32.4. The van der Waals surface area contributed by atoms with Crippen LogP contribution in [0.2, 0.25) is 26.2 Å². The molecule has 0 fully saturated rings. The van der Waals surface area contributed by atoms with E-state index >= 15 is 0 Å². The largest absolute Gasteiger partial charge is 0.497 e. The standard InChI is InChI=1S/C53H37N5O5S6Si2/c1-62-32-16-14-31(15-17-32)58(29-10-6-27(7-11-29)37-22-41-49(64-37)51-43(70(41,2)3)24-39(66-51)33-18-19-35(53(60)61)47-45(33)54-68-56-47)30-12-8-28(9-13-30)38-23-42-50(65-38)52-44(71(42,4)5)25-40(67-52)34-20-21-36(63-26-59)48-46(34)55-69-57-48/h6-26H,1-5H3,(H,60,61). The van der Waals surface area contributed by atoms with Gasteiger partial charge in [0.15, 0.2) is 5.75 Å². The lowest BCUT2D eigenvalue weighted by Gasteiger charge is -2.26. The van der Waals surface area contributed by atoms with Gasteiger partial charge in [0.2, 0.25) is 0 Å². The minimum atomic E-state index is -2.02. The number of aromatic carboxylic acids is 1. The number of benzene rings is 5. The zero-order chi connectivity index (χ0) is 48.5. The molecule has 348 valence electrons. The highest BCUT2D eigenvalue weighted by atomic mass is 32.1. The van der Waals surface area contributed by atoms with Crippen molar-refractivity contribution in [2.24, 2.45) is 0 Å². The highest BCUT2D eigenvalue weighted by molar-refractivity contribution is 7.32. The lowest BCUT2D eigenvalue weighted by atomic mass is 10.1. The van der Waals surface area contributed by atoms with Crippen molar-refractivity contribution in [2.45, 2.75) is 26.2 Å². The molecule has 1 N–H and O–H groups in total. The van der Waals surface area contributed by atoms with Crippen LogP contribution < -0.4 is 35.1 Å². The Morgan fingerprint density at radius 3 is 1.41 bits per heavy atom. The molecule has 0 unspecified atom stereocenters. The van der Waals surface area contributed by atoms with E-state index in [2.05, 4.69) is 134 Å². The number of hydrogen-bond donors (Lipinski definition) is 1. The first-order valence-electron chi connectivity index (χ1n) is 22.5. The van der Waals surface area contributed by atoms with Crippen LogP contribution in [0.3, 0.4) is 0 Å². The fraction of sp³-hybridized carbons (Fsp3) is 0.0943. The van der Waals surface area contributed by atoms with Gasteiger partial charge in [0.05, 0.1) is 36.1 Å². The summed E-state index contributed by atoms with van der Waals surface area (Å²) in [6.07, 6.45) is 0. The molecule has 5 aromatic carbocycles. The molecule has 0 saturated heterocycles. The van der Waals surface area contributed by atoms with Crippen LogP contribution in [-0.4, -0.2) is 58.3 Å². The third-order valence-corrected chi connectivity index (χ3v) is 27.7. The Balaban J connectivity index is 0.803. The molecule has 13 rings (SSSR count). The molecule has 2 aliphatic rings. The molecular formula is C53H37N5O5S6Si2. The normalized spacial score (nSPS) is 13.8. The number of thiophene rings is 4. The Labute approximate surface area is 433 Å². The van der Waals surface area contributed by atoms with Gasteiger partial charge in [-0.05, 0) is 123 Å². The van der Waals surface area contributed by atoms with Gasteiger partial charge in [0, 0.05) is 67.2 Å². The third-order valence-electron chi connectivity index (χ3n) is 13.9. The number of methoxy groups -OCH3 is 1. The Kier molecular flexibility index (Phi) is 10.4. The monoisotopic (exact) mass is 1070 g/mol. The molecule has 0 atom stereocenters. The molecule has 10 nitrogen and oxygen atoms in total. The number of ether oxygens (including phenoxy) is 2. The van der Waals surface area contributed by atoms with E-state index in [4.69, 9.17) is 9.47 Å². The van der Waals surface area contributed by atoms with E-state index in [-0.39, 0.29) is 5.56 Å². The van der Waals surface area contributed by atoms with E-state index in [0.717, 1.165) is 72.7 Å². The number of aromatic nitrogens is 4. The van der Waals surface area contributed by atoms with E-state index in [1.165, 1.54) is 61.1 Å². The van der Waals surface area contributed by atoms with Gasteiger partial charge in [0.1, 0.15) is 44.0 Å². The molecule has 71 heavy (non-hydrogen) atoms. The Morgan fingerprint density at radius 1 is 0.535 bits per heavy atom. The molecule has 0 bridgehead atoms. The van der Waals surface area contributed by atoms with E-state index in [1.807, 2.05) is 64.3 Å². The molecule has 6 aromatic heterocycles. The number of hydrogen-bond acceptors (Lipinski definition) is 15. The zero-order valence-electron chi connectivity index (χ0n) is 38.4. The van der Waals surface area contributed by atoms with E-state index in [9.17, 15) is 14.7 Å². The summed E-state index contributed by atoms with van der Waals surface area (Å²) in [5.41, 5.74) is 10.1. The van der Waals surface area contributed by atoms with Crippen molar-refractivity contribution in [1.82, 2.24) is 17.5 Å². The van der Waals surface area contributed by atoms with E-state index < -0.39 is 22.1 Å². The molecule has 2 aliphatic heterocycles. The summed E-state index contributed by atoms with van der Waals surface area (Å²) in [7, 11) is -2.33. The second-order valence-electron chi connectivity index (χ2n) is 18.5. The van der Waals surface area contributed by atoms with Gasteiger partial charge < -0.3 is 19.5 Å². The SMILES string of the molecule is COc1ccc(N(c2ccc(-c3cc4c(s3)-c3sc(-c5ccc(OC=O)c6nsnc56)cc3[Si]4(C)C)cc2)c2ccc(-c3cc4c(s3)-c3sc(-c5ccc(C(=O)O)c6nsnc56)cc3[Si]4(C)C)cc2)cc1. The van der Waals surface area contributed by atoms with Crippen LogP contribution in [0.1, 0.15) is 10.4 Å². The molecule has 0 amide bonds. The zero-order valence-corrected chi connectivity index (χ0v) is 45.3. The molecular weight excluding hydrogens is 1040 g/mol. The summed E-state index contributed by atoms with van der Waals surface area (Å²) in [6.45, 7) is 10.2. The predicted octanol–water partition coefficient (Wildman–Crippen LogP) is 12.9. The van der Waals surface area contributed by atoms with Crippen molar-refractivity contribution in [3.8, 4) is 72.8 Å². The molecule has 8 heterocycles. The minimum Gasteiger partial charge on any atom is -0.497 e. The Bertz CT molecular complexity index is 3980. The van der Waals surface area contributed by atoms with Crippen molar-refractivity contribution >= 4 is 157 Å². The first-order valence-corrected chi connectivity index (χ1v) is 33.2.